The summed E-state index contributed by atoms with van der Waals surface area (Å²) in [7, 11) is 0. The lowest BCUT2D eigenvalue weighted by Gasteiger charge is -2.13. The van der Waals surface area contributed by atoms with Gasteiger partial charge in [0.05, 0.1) is 31.1 Å². The molecule has 2 N–H and O–H groups in total. The zero-order valence-corrected chi connectivity index (χ0v) is 20.8. The number of halogens is 4. The summed E-state index contributed by atoms with van der Waals surface area (Å²) in [4.78, 5) is 0. The highest BCUT2D eigenvalue weighted by Crippen LogP contribution is 2.38. The summed E-state index contributed by atoms with van der Waals surface area (Å²) in [5.41, 5.74) is 3.08. The number of benzene rings is 2. The standard InChI is InChI=1S/C19H18Br4O4/c1-11(13-9-16(22)19(17(23)10-13)27-5-3-25)6-12-7-14(20)18(15(21)8-12)26-4-2-24/h6-10,24-25H,2-5H2,1H3. The molecule has 2 aromatic carbocycles. The molecule has 146 valence electrons. The van der Waals surface area contributed by atoms with Gasteiger partial charge in [0, 0.05) is 0 Å². The molecule has 0 bridgehead atoms. The minimum atomic E-state index is -0.0403. The molecule has 2 rings (SSSR count). The predicted octanol–water partition coefficient (Wildman–Crippen LogP) is 6.04. The Kier molecular flexibility index (Phi) is 9.31. The first-order valence-corrected chi connectivity index (χ1v) is 11.2. The van der Waals surface area contributed by atoms with E-state index in [-0.39, 0.29) is 26.4 Å². The average molecular weight is 630 g/mol. The van der Waals surface area contributed by atoms with E-state index >= 15 is 0 Å². The van der Waals surface area contributed by atoms with Crippen LogP contribution in [0.1, 0.15) is 18.1 Å². The third-order valence-electron chi connectivity index (χ3n) is 3.53. The van der Waals surface area contributed by atoms with Crippen LogP contribution in [0.2, 0.25) is 0 Å². The molecule has 0 amide bonds. The Labute approximate surface area is 192 Å². The number of allylic oxidation sites excluding steroid dienone is 1. The molecule has 0 atom stereocenters. The summed E-state index contributed by atoms with van der Waals surface area (Å²) in [6.07, 6.45) is 2.06. The SMILES string of the molecule is CC(=Cc1cc(Br)c(OCCO)c(Br)c1)c1cc(Br)c(OCCO)c(Br)c1. The van der Waals surface area contributed by atoms with Crippen molar-refractivity contribution >= 4 is 75.4 Å². The molecule has 4 nitrogen and oxygen atoms in total. The van der Waals surface area contributed by atoms with Crippen LogP contribution in [-0.2, 0) is 0 Å². The molecule has 8 heteroatoms. The fourth-order valence-corrected chi connectivity index (χ4v) is 5.22. The lowest BCUT2D eigenvalue weighted by atomic mass is 10.0. The van der Waals surface area contributed by atoms with Crippen molar-refractivity contribution in [2.24, 2.45) is 0 Å². The van der Waals surface area contributed by atoms with Gasteiger partial charge >= 0.3 is 0 Å². The van der Waals surface area contributed by atoms with Crippen LogP contribution in [0, 0.1) is 0 Å². The van der Waals surface area contributed by atoms with Crippen LogP contribution in [0.3, 0.4) is 0 Å². The van der Waals surface area contributed by atoms with Gasteiger partial charge in [-0.3, -0.25) is 0 Å². The van der Waals surface area contributed by atoms with Crippen molar-refractivity contribution in [1.29, 1.82) is 0 Å². The first kappa shape index (κ1) is 22.9. The number of aliphatic hydroxyl groups excluding tert-OH is 2. The Morgan fingerprint density at radius 3 is 1.63 bits per heavy atom. The summed E-state index contributed by atoms with van der Waals surface area (Å²) < 4.78 is 14.3. The quantitative estimate of drug-likeness (QED) is 0.350. The molecule has 27 heavy (non-hydrogen) atoms. The van der Waals surface area contributed by atoms with E-state index in [1.54, 1.807) is 0 Å². The van der Waals surface area contributed by atoms with Crippen LogP contribution in [0.4, 0.5) is 0 Å². The van der Waals surface area contributed by atoms with Gasteiger partial charge in [-0.2, -0.15) is 0 Å². The van der Waals surface area contributed by atoms with Crippen molar-refractivity contribution in [3.63, 3.8) is 0 Å². The highest BCUT2D eigenvalue weighted by atomic mass is 79.9. The average Bonchev–Trinajstić information content (AvgIpc) is 2.60. The predicted molar refractivity (Wildman–Crippen MR) is 122 cm³/mol. The fraction of sp³-hybridized carbons (Fsp3) is 0.263. The second-order valence-electron chi connectivity index (χ2n) is 5.55. The smallest absolute Gasteiger partial charge is 0.147 e. The van der Waals surface area contributed by atoms with Gasteiger partial charge < -0.3 is 19.7 Å². The van der Waals surface area contributed by atoms with Gasteiger partial charge in [-0.1, -0.05) is 6.08 Å². The minimum absolute atomic E-state index is 0.0403. The molecule has 0 aliphatic carbocycles. The zero-order chi connectivity index (χ0) is 20.0. The third-order valence-corrected chi connectivity index (χ3v) is 5.89. The number of hydrogen-bond donors (Lipinski definition) is 2. The maximum Gasteiger partial charge on any atom is 0.147 e. The van der Waals surface area contributed by atoms with Crippen molar-refractivity contribution < 1.29 is 19.7 Å². The van der Waals surface area contributed by atoms with Gasteiger partial charge in [-0.05, 0) is 112 Å². The number of hydrogen-bond acceptors (Lipinski definition) is 4. The van der Waals surface area contributed by atoms with Crippen molar-refractivity contribution in [1.82, 2.24) is 0 Å². The highest BCUT2D eigenvalue weighted by molar-refractivity contribution is 9.11. The Bertz CT molecular complexity index is 790. The number of aliphatic hydroxyl groups is 2. The molecule has 0 saturated carbocycles. The van der Waals surface area contributed by atoms with Gasteiger partial charge in [0.15, 0.2) is 0 Å². The molecule has 2 aromatic rings. The second kappa shape index (κ2) is 11.0. The van der Waals surface area contributed by atoms with Crippen molar-refractivity contribution in [2.75, 3.05) is 26.4 Å². The molecule has 0 aliphatic heterocycles. The fourth-order valence-electron chi connectivity index (χ4n) is 2.35. The Morgan fingerprint density at radius 2 is 1.22 bits per heavy atom. The summed E-state index contributed by atoms with van der Waals surface area (Å²) >= 11 is 14.1. The Morgan fingerprint density at radius 1 is 0.815 bits per heavy atom. The van der Waals surface area contributed by atoms with Crippen LogP contribution in [-0.4, -0.2) is 36.6 Å². The maximum absolute atomic E-state index is 8.93. The van der Waals surface area contributed by atoms with E-state index in [1.165, 1.54) is 0 Å². The van der Waals surface area contributed by atoms with Gasteiger partial charge in [0.1, 0.15) is 24.7 Å². The van der Waals surface area contributed by atoms with Crippen LogP contribution in [0.5, 0.6) is 11.5 Å². The first-order valence-electron chi connectivity index (χ1n) is 8.01. The van der Waals surface area contributed by atoms with Gasteiger partial charge in [-0.15, -0.1) is 0 Å². The summed E-state index contributed by atoms with van der Waals surface area (Å²) in [6, 6.07) is 7.88. The van der Waals surface area contributed by atoms with Crippen molar-refractivity contribution in [2.45, 2.75) is 6.92 Å². The van der Waals surface area contributed by atoms with Gasteiger partial charge in [0.2, 0.25) is 0 Å². The second-order valence-corrected chi connectivity index (χ2v) is 8.97. The van der Waals surface area contributed by atoms with Crippen LogP contribution in [0.25, 0.3) is 11.6 Å². The molecular weight excluding hydrogens is 612 g/mol. The van der Waals surface area contributed by atoms with Gasteiger partial charge in [-0.25, -0.2) is 0 Å². The lowest BCUT2D eigenvalue weighted by Crippen LogP contribution is -2.03. The zero-order valence-electron chi connectivity index (χ0n) is 14.4. The molecule has 0 saturated heterocycles. The molecular formula is C19H18Br4O4. The monoisotopic (exact) mass is 626 g/mol. The molecule has 0 fully saturated rings. The molecule has 0 radical (unpaired) electrons. The van der Waals surface area contributed by atoms with Crippen molar-refractivity contribution in [3.8, 4) is 11.5 Å². The summed E-state index contributed by atoms with van der Waals surface area (Å²) in [5.74, 6) is 1.33. The summed E-state index contributed by atoms with van der Waals surface area (Å²) in [6.45, 7) is 2.42. The lowest BCUT2D eigenvalue weighted by molar-refractivity contribution is 0.200. The third kappa shape index (κ3) is 6.30. The van der Waals surface area contributed by atoms with E-state index in [0.29, 0.717) is 11.5 Å². The Balaban J connectivity index is 2.32. The maximum atomic E-state index is 8.93. The summed E-state index contributed by atoms with van der Waals surface area (Å²) in [5, 5.41) is 17.9. The molecule has 0 spiro atoms. The highest BCUT2D eigenvalue weighted by Gasteiger charge is 2.11. The van der Waals surface area contributed by atoms with Crippen LogP contribution >= 0.6 is 63.7 Å². The van der Waals surface area contributed by atoms with E-state index in [9.17, 15) is 0 Å². The number of rotatable bonds is 8. The van der Waals surface area contributed by atoms with E-state index in [2.05, 4.69) is 69.8 Å². The first-order chi connectivity index (χ1) is 12.9. The van der Waals surface area contributed by atoms with E-state index in [0.717, 1.165) is 34.6 Å². The topological polar surface area (TPSA) is 58.9 Å². The van der Waals surface area contributed by atoms with E-state index < -0.39 is 0 Å². The number of ether oxygens (including phenoxy) is 2. The largest absolute Gasteiger partial charge is 0.489 e. The van der Waals surface area contributed by atoms with E-state index in [1.807, 2.05) is 31.2 Å². The van der Waals surface area contributed by atoms with E-state index in [4.69, 9.17) is 19.7 Å². The van der Waals surface area contributed by atoms with Crippen molar-refractivity contribution in [3.05, 3.63) is 53.3 Å². The minimum Gasteiger partial charge on any atom is -0.489 e. The molecule has 0 heterocycles. The van der Waals surface area contributed by atoms with Gasteiger partial charge in [0.25, 0.3) is 0 Å². The molecule has 0 aliphatic rings. The van der Waals surface area contributed by atoms with Crippen LogP contribution < -0.4 is 9.47 Å². The Hall–Kier alpha value is -0.380. The normalized spacial score (nSPS) is 11.6. The molecule has 0 unspecified atom stereocenters. The van der Waals surface area contributed by atoms with Crippen LogP contribution in [0.15, 0.2) is 42.2 Å². The molecule has 0 aromatic heterocycles.